The van der Waals surface area contributed by atoms with Crippen LogP contribution in [0.1, 0.15) is 17.2 Å². The van der Waals surface area contributed by atoms with E-state index in [1.807, 2.05) is 36.6 Å². The van der Waals surface area contributed by atoms with Crippen LogP contribution < -0.4 is 0 Å². The summed E-state index contributed by atoms with van der Waals surface area (Å²) in [4.78, 5) is 22.7. The summed E-state index contributed by atoms with van der Waals surface area (Å²) in [6, 6.07) is 9.95. The van der Waals surface area contributed by atoms with Crippen molar-refractivity contribution in [2.75, 3.05) is 6.26 Å². The van der Waals surface area contributed by atoms with Crippen LogP contribution >= 0.6 is 23.5 Å². The largest absolute Gasteiger partial charge is 0.298 e. The predicted octanol–water partition coefficient (Wildman–Crippen LogP) is 3.21. The number of hydrogen-bond acceptors (Lipinski definition) is 4. The zero-order valence-electron chi connectivity index (χ0n) is 9.38. The molecule has 4 heteroatoms. The van der Waals surface area contributed by atoms with E-state index in [1.54, 1.807) is 11.8 Å². The molecular formula is C13H12O2S2. The zero-order chi connectivity index (χ0) is 12.3. The van der Waals surface area contributed by atoms with Crippen LogP contribution in [0.4, 0.5) is 0 Å². The molecule has 0 saturated heterocycles. The fourth-order valence-corrected chi connectivity index (χ4v) is 3.94. The van der Waals surface area contributed by atoms with Gasteiger partial charge in [0.1, 0.15) is 0 Å². The Balaban J connectivity index is 2.30. The second-order valence-corrected chi connectivity index (χ2v) is 5.96. The van der Waals surface area contributed by atoms with Crippen LogP contribution in [-0.2, 0) is 9.59 Å². The van der Waals surface area contributed by atoms with Crippen LogP contribution in [0.2, 0.25) is 0 Å². The Morgan fingerprint density at radius 3 is 2.65 bits per heavy atom. The van der Waals surface area contributed by atoms with Crippen LogP contribution in [0.15, 0.2) is 40.1 Å². The summed E-state index contributed by atoms with van der Waals surface area (Å²) in [6.07, 6.45) is 2.99. The van der Waals surface area contributed by atoms with Crippen LogP contribution in [0.5, 0.6) is 0 Å². The van der Waals surface area contributed by atoms with E-state index in [0.29, 0.717) is 18.3 Å². The van der Waals surface area contributed by atoms with E-state index in [1.165, 1.54) is 11.8 Å². The number of carbonyl (C=O) groups is 2. The van der Waals surface area contributed by atoms with Crippen molar-refractivity contribution >= 4 is 35.6 Å². The SMILES string of the molecule is CSC1=C(C=O)C(=O)C[C@@H](c2ccccc2)S1. The highest BCUT2D eigenvalue weighted by Crippen LogP contribution is 2.46. The summed E-state index contributed by atoms with van der Waals surface area (Å²) in [5, 5.41) is 0.134. The van der Waals surface area contributed by atoms with Crippen LogP contribution in [0.25, 0.3) is 0 Å². The van der Waals surface area contributed by atoms with Gasteiger partial charge in [0.25, 0.3) is 0 Å². The molecule has 1 aliphatic rings. The quantitative estimate of drug-likeness (QED) is 0.620. The fraction of sp³-hybridized carbons (Fsp3) is 0.231. The molecule has 0 N–H and O–H groups in total. The van der Waals surface area contributed by atoms with E-state index in [-0.39, 0.29) is 11.0 Å². The Morgan fingerprint density at radius 2 is 2.06 bits per heavy atom. The molecule has 88 valence electrons. The molecular weight excluding hydrogens is 252 g/mol. The highest BCUT2D eigenvalue weighted by atomic mass is 32.2. The number of carbonyl (C=O) groups excluding carboxylic acids is 2. The first-order chi connectivity index (χ1) is 8.26. The van der Waals surface area contributed by atoms with Gasteiger partial charge in [-0.3, -0.25) is 9.59 Å². The standard InChI is InChI=1S/C13H12O2S2/c1-16-13-10(8-14)11(15)7-12(17-13)9-5-3-2-4-6-9/h2-6,8,12H,7H2,1H3/t12-/m0/s1. The molecule has 2 nitrogen and oxygen atoms in total. The number of benzene rings is 1. The van der Waals surface area contributed by atoms with E-state index in [2.05, 4.69) is 0 Å². The highest BCUT2D eigenvalue weighted by Gasteiger charge is 2.28. The number of rotatable bonds is 3. The van der Waals surface area contributed by atoms with Crippen molar-refractivity contribution in [2.24, 2.45) is 0 Å². The molecule has 1 aliphatic heterocycles. The third-order valence-electron chi connectivity index (χ3n) is 2.62. The Morgan fingerprint density at radius 1 is 1.35 bits per heavy atom. The summed E-state index contributed by atoms with van der Waals surface area (Å²) in [7, 11) is 0. The molecule has 2 rings (SSSR count). The van der Waals surface area contributed by atoms with Crippen molar-refractivity contribution in [3.05, 3.63) is 45.7 Å². The topological polar surface area (TPSA) is 34.1 Å². The van der Waals surface area contributed by atoms with Crippen molar-refractivity contribution < 1.29 is 9.59 Å². The first kappa shape index (κ1) is 12.5. The molecule has 0 radical (unpaired) electrons. The maximum absolute atomic E-state index is 11.9. The lowest BCUT2D eigenvalue weighted by molar-refractivity contribution is -0.117. The van der Waals surface area contributed by atoms with Gasteiger partial charge < -0.3 is 0 Å². The summed E-state index contributed by atoms with van der Waals surface area (Å²) < 4.78 is 0.838. The number of thioether (sulfide) groups is 2. The minimum absolute atomic E-state index is 0.0445. The van der Waals surface area contributed by atoms with Crippen LogP contribution in [-0.4, -0.2) is 18.3 Å². The van der Waals surface area contributed by atoms with Crippen molar-refractivity contribution in [3.8, 4) is 0 Å². The monoisotopic (exact) mass is 264 g/mol. The van der Waals surface area contributed by atoms with Gasteiger partial charge in [-0.1, -0.05) is 30.3 Å². The second-order valence-electron chi connectivity index (χ2n) is 3.67. The average molecular weight is 264 g/mol. The Labute approximate surface area is 109 Å². The number of ketones is 1. The van der Waals surface area contributed by atoms with Gasteiger partial charge in [0.05, 0.1) is 9.81 Å². The average Bonchev–Trinajstić information content (AvgIpc) is 2.38. The summed E-state index contributed by atoms with van der Waals surface area (Å²) in [5.41, 5.74) is 1.48. The number of hydrogen-bond donors (Lipinski definition) is 0. The molecule has 0 unspecified atom stereocenters. The predicted molar refractivity (Wildman–Crippen MR) is 73.0 cm³/mol. The molecule has 0 amide bonds. The maximum Gasteiger partial charge on any atom is 0.169 e. The van der Waals surface area contributed by atoms with Gasteiger partial charge in [-0.2, -0.15) is 0 Å². The number of Topliss-reactive ketones (excluding diaryl/α,β-unsaturated/α-hetero) is 1. The smallest absolute Gasteiger partial charge is 0.169 e. The first-order valence-electron chi connectivity index (χ1n) is 5.24. The normalized spacial score (nSPS) is 20.5. The number of aldehydes is 1. The Hall–Kier alpha value is -1.00. The zero-order valence-corrected chi connectivity index (χ0v) is 11.0. The van der Waals surface area contributed by atoms with Gasteiger partial charge in [0.2, 0.25) is 0 Å². The Bertz CT molecular complexity index is 466. The van der Waals surface area contributed by atoms with Crippen LogP contribution in [0, 0.1) is 0 Å². The number of allylic oxidation sites excluding steroid dienone is 1. The fourth-order valence-electron chi connectivity index (χ4n) is 1.75. The van der Waals surface area contributed by atoms with E-state index < -0.39 is 0 Å². The summed E-state index contributed by atoms with van der Waals surface area (Å²) in [5.74, 6) is -0.0445. The molecule has 0 fully saturated rings. The summed E-state index contributed by atoms with van der Waals surface area (Å²) >= 11 is 3.08. The third kappa shape index (κ3) is 2.64. The molecule has 0 aliphatic carbocycles. The van der Waals surface area contributed by atoms with Gasteiger partial charge in [0, 0.05) is 11.7 Å². The lowest BCUT2D eigenvalue weighted by Gasteiger charge is -2.23. The molecule has 1 atom stereocenters. The molecule has 0 spiro atoms. The van der Waals surface area contributed by atoms with E-state index >= 15 is 0 Å². The maximum atomic E-state index is 11.9. The highest BCUT2D eigenvalue weighted by molar-refractivity contribution is 8.22. The van der Waals surface area contributed by atoms with Gasteiger partial charge in [0.15, 0.2) is 12.1 Å². The van der Waals surface area contributed by atoms with Crippen molar-refractivity contribution in [1.82, 2.24) is 0 Å². The third-order valence-corrected chi connectivity index (χ3v) is 5.15. The van der Waals surface area contributed by atoms with Crippen molar-refractivity contribution in [3.63, 3.8) is 0 Å². The molecule has 1 aromatic carbocycles. The van der Waals surface area contributed by atoms with Gasteiger partial charge in [-0.05, 0) is 11.8 Å². The van der Waals surface area contributed by atoms with Gasteiger partial charge >= 0.3 is 0 Å². The summed E-state index contributed by atoms with van der Waals surface area (Å²) in [6.45, 7) is 0. The second kappa shape index (κ2) is 5.56. The Kier molecular flexibility index (Phi) is 4.07. The molecule has 1 aromatic rings. The molecule has 1 heterocycles. The molecule has 0 aromatic heterocycles. The van der Waals surface area contributed by atoms with Crippen molar-refractivity contribution in [1.29, 1.82) is 0 Å². The van der Waals surface area contributed by atoms with Gasteiger partial charge in [-0.25, -0.2) is 0 Å². The molecule has 0 bridgehead atoms. The minimum atomic E-state index is -0.0445. The molecule has 0 saturated carbocycles. The van der Waals surface area contributed by atoms with E-state index in [9.17, 15) is 9.59 Å². The lowest BCUT2D eigenvalue weighted by Crippen LogP contribution is -2.14. The van der Waals surface area contributed by atoms with Crippen molar-refractivity contribution in [2.45, 2.75) is 11.7 Å². The minimum Gasteiger partial charge on any atom is -0.298 e. The van der Waals surface area contributed by atoms with E-state index in [0.717, 1.165) is 9.80 Å². The molecule has 17 heavy (non-hydrogen) atoms. The first-order valence-corrected chi connectivity index (χ1v) is 7.35. The van der Waals surface area contributed by atoms with Crippen LogP contribution in [0.3, 0.4) is 0 Å². The van der Waals surface area contributed by atoms with Gasteiger partial charge in [-0.15, -0.1) is 23.5 Å². The van der Waals surface area contributed by atoms with E-state index in [4.69, 9.17) is 0 Å². The lowest BCUT2D eigenvalue weighted by atomic mass is 10.0.